The van der Waals surface area contributed by atoms with Gasteiger partial charge in [-0.05, 0) is 56.2 Å². The summed E-state index contributed by atoms with van der Waals surface area (Å²) in [6, 6.07) is 13.2. The van der Waals surface area contributed by atoms with Crippen molar-refractivity contribution in [2.24, 2.45) is 0 Å². The second-order valence-corrected chi connectivity index (χ2v) is 6.18. The van der Waals surface area contributed by atoms with Gasteiger partial charge in [0.25, 0.3) is 5.56 Å². The molecule has 25 heavy (non-hydrogen) atoms. The fourth-order valence-electron chi connectivity index (χ4n) is 3.06. The largest absolute Gasteiger partial charge is 0.311 e. The molecule has 0 aliphatic carbocycles. The Balaban J connectivity index is 1.92. The number of nitrogens with zero attached hydrogens (tertiary/aromatic N) is 3. The first-order valence-corrected chi connectivity index (χ1v) is 8.32. The summed E-state index contributed by atoms with van der Waals surface area (Å²) < 4.78 is 1.37. The van der Waals surface area contributed by atoms with Gasteiger partial charge >= 0.3 is 0 Å². The number of rotatable bonds is 4. The number of carbonyl (C=O) groups is 1. The predicted molar refractivity (Wildman–Crippen MR) is 99.9 cm³/mol. The smallest absolute Gasteiger partial charge is 0.261 e. The minimum Gasteiger partial charge on any atom is -0.311 e. The van der Waals surface area contributed by atoms with Crippen molar-refractivity contribution in [3.05, 3.63) is 70.3 Å². The molecular weight excluding hydrogens is 314 g/mol. The van der Waals surface area contributed by atoms with E-state index >= 15 is 0 Å². The molecule has 0 atom stereocenters. The average molecular weight is 335 g/mol. The van der Waals surface area contributed by atoms with Crippen molar-refractivity contribution in [1.82, 2.24) is 9.55 Å². The van der Waals surface area contributed by atoms with Gasteiger partial charge in [-0.2, -0.15) is 0 Å². The van der Waals surface area contributed by atoms with Crippen molar-refractivity contribution < 1.29 is 4.79 Å². The minimum absolute atomic E-state index is 0.0303. The van der Waals surface area contributed by atoms with Crippen LogP contribution in [-0.4, -0.2) is 22.0 Å². The van der Waals surface area contributed by atoms with Crippen LogP contribution in [0.5, 0.6) is 0 Å². The van der Waals surface area contributed by atoms with Crippen LogP contribution in [0.15, 0.2) is 53.6 Å². The van der Waals surface area contributed by atoms with E-state index in [1.807, 2.05) is 39.0 Å². The summed E-state index contributed by atoms with van der Waals surface area (Å²) in [5.41, 5.74) is 3.50. The zero-order valence-electron chi connectivity index (χ0n) is 14.7. The zero-order valence-corrected chi connectivity index (χ0v) is 14.7. The molecule has 0 spiro atoms. The second-order valence-electron chi connectivity index (χ2n) is 6.18. The van der Waals surface area contributed by atoms with Crippen molar-refractivity contribution in [1.29, 1.82) is 0 Å². The van der Waals surface area contributed by atoms with Crippen molar-refractivity contribution in [2.45, 2.75) is 27.3 Å². The summed E-state index contributed by atoms with van der Waals surface area (Å²) in [4.78, 5) is 31.3. The molecule has 0 saturated carbocycles. The molecule has 0 N–H and O–H groups in total. The number of carbonyl (C=O) groups excluding carboxylic acids is 1. The SMILES string of the molecule is CCN(C(=O)Cn1cnc2ccccc2c1=O)c1cc(C)cc(C)c1. The van der Waals surface area contributed by atoms with E-state index in [4.69, 9.17) is 0 Å². The molecule has 3 aromatic rings. The molecule has 1 amide bonds. The normalized spacial score (nSPS) is 10.8. The lowest BCUT2D eigenvalue weighted by molar-refractivity contribution is -0.119. The highest BCUT2D eigenvalue weighted by Gasteiger charge is 2.16. The van der Waals surface area contributed by atoms with Gasteiger partial charge in [0, 0.05) is 12.2 Å². The van der Waals surface area contributed by atoms with Crippen molar-refractivity contribution in [3.63, 3.8) is 0 Å². The van der Waals surface area contributed by atoms with E-state index in [0.29, 0.717) is 17.4 Å². The molecule has 0 aliphatic rings. The summed E-state index contributed by atoms with van der Waals surface area (Å²) in [5, 5.41) is 0.521. The molecule has 0 aliphatic heterocycles. The third kappa shape index (κ3) is 3.45. The number of hydrogen-bond acceptors (Lipinski definition) is 3. The number of aryl methyl sites for hydroxylation is 2. The number of amides is 1. The van der Waals surface area contributed by atoms with Crippen molar-refractivity contribution >= 4 is 22.5 Å². The molecule has 0 fully saturated rings. The number of fused-ring (bicyclic) bond motifs is 1. The van der Waals surface area contributed by atoms with Crippen LogP contribution < -0.4 is 10.5 Å². The zero-order chi connectivity index (χ0) is 18.0. The maximum absolute atomic E-state index is 12.8. The van der Waals surface area contributed by atoms with Gasteiger partial charge in [0.2, 0.25) is 5.91 Å². The second kappa shape index (κ2) is 6.89. The minimum atomic E-state index is -0.199. The van der Waals surface area contributed by atoms with E-state index in [1.54, 1.807) is 23.1 Å². The van der Waals surface area contributed by atoms with Crippen LogP contribution >= 0.6 is 0 Å². The number of anilines is 1. The van der Waals surface area contributed by atoms with Crippen molar-refractivity contribution in [2.75, 3.05) is 11.4 Å². The van der Waals surface area contributed by atoms with E-state index in [-0.39, 0.29) is 18.0 Å². The lowest BCUT2D eigenvalue weighted by Gasteiger charge is -2.22. The Labute approximate surface area is 146 Å². The van der Waals surface area contributed by atoms with E-state index in [9.17, 15) is 9.59 Å². The van der Waals surface area contributed by atoms with E-state index < -0.39 is 0 Å². The Hall–Kier alpha value is -2.95. The highest BCUT2D eigenvalue weighted by Crippen LogP contribution is 2.19. The maximum Gasteiger partial charge on any atom is 0.261 e. The highest BCUT2D eigenvalue weighted by molar-refractivity contribution is 5.93. The Morgan fingerprint density at radius 2 is 1.80 bits per heavy atom. The first-order chi connectivity index (χ1) is 12.0. The van der Waals surface area contributed by atoms with Crippen LogP contribution in [0.2, 0.25) is 0 Å². The molecule has 5 nitrogen and oxygen atoms in total. The summed E-state index contributed by atoms with van der Waals surface area (Å²) >= 11 is 0. The predicted octanol–water partition coefficient (Wildman–Crippen LogP) is 3.07. The van der Waals surface area contributed by atoms with E-state index in [2.05, 4.69) is 11.1 Å². The summed E-state index contributed by atoms with van der Waals surface area (Å²) in [5.74, 6) is -0.133. The Kier molecular flexibility index (Phi) is 4.65. The number of hydrogen-bond donors (Lipinski definition) is 0. The average Bonchev–Trinajstić information content (AvgIpc) is 2.57. The molecule has 1 heterocycles. The molecular formula is C20H21N3O2. The van der Waals surface area contributed by atoms with Gasteiger partial charge in [0.15, 0.2) is 0 Å². The van der Waals surface area contributed by atoms with Gasteiger partial charge in [-0.1, -0.05) is 18.2 Å². The van der Waals surface area contributed by atoms with Gasteiger partial charge in [0.1, 0.15) is 6.54 Å². The fraction of sp³-hybridized carbons (Fsp3) is 0.250. The van der Waals surface area contributed by atoms with Crippen molar-refractivity contribution in [3.8, 4) is 0 Å². The highest BCUT2D eigenvalue weighted by atomic mass is 16.2. The number of benzene rings is 2. The number of para-hydroxylation sites is 1. The Morgan fingerprint density at radius 1 is 1.12 bits per heavy atom. The molecule has 2 aromatic carbocycles. The molecule has 3 rings (SSSR count). The lowest BCUT2D eigenvalue weighted by Crippen LogP contribution is -2.36. The summed E-state index contributed by atoms with van der Waals surface area (Å²) in [6.45, 7) is 6.45. The van der Waals surface area contributed by atoms with Crippen LogP contribution in [-0.2, 0) is 11.3 Å². The van der Waals surface area contributed by atoms with Crippen LogP contribution in [0, 0.1) is 13.8 Å². The molecule has 0 saturated heterocycles. The molecule has 1 aromatic heterocycles. The fourth-order valence-corrected chi connectivity index (χ4v) is 3.06. The van der Waals surface area contributed by atoms with Crippen LogP contribution in [0.25, 0.3) is 10.9 Å². The Bertz CT molecular complexity index is 971. The molecule has 0 unspecified atom stereocenters. The van der Waals surface area contributed by atoms with Gasteiger partial charge in [0.05, 0.1) is 17.2 Å². The monoisotopic (exact) mass is 335 g/mol. The first kappa shape index (κ1) is 16.9. The van der Waals surface area contributed by atoms with Gasteiger partial charge in [-0.15, -0.1) is 0 Å². The first-order valence-electron chi connectivity index (χ1n) is 8.32. The van der Waals surface area contributed by atoms with Crippen LogP contribution in [0.3, 0.4) is 0 Å². The number of aromatic nitrogens is 2. The number of likely N-dealkylation sites (N-methyl/N-ethyl adjacent to an activating group) is 1. The lowest BCUT2D eigenvalue weighted by atomic mass is 10.1. The molecule has 0 bridgehead atoms. The van der Waals surface area contributed by atoms with Crippen LogP contribution in [0.4, 0.5) is 5.69 Å². The third-order valence-corrected chi connectivity index (χ3v) is 4.17. The topological polar surface area (TPSA) is 55.2 Å². The molecule has 0 radical (unpaired) electrons. The van der Waals surface area contributed by atoms with E-state index in [1.165, 1.54) is 10.9 Å². The summed E-state index contributed by atoms with van der Waals surface area (Å²) in [6.07, 6.45) is 1.44. The Morgan fingerprint density at radius 3 is 2.48 bits per heavy atom. The quantitative estimate of drug-likeness (QED) is 0.736. The van der Waals surface area contributed by atoms with Gasteiger partial charge in [-0.3, -0.25) is 14.2 Å². The molecule has 128 valence electrons. The van der Waals surface area contributed by atoms with Gasteiger partial charge < -0.3 is 4.90 Å². The van der Waals surface area contributed by atoms with Crippen LogP contribution in [0.1, 0.15) is 18.1 Å². The molecule has 5 heteroatoms. The van der Waals surface area contributed by atoms with Gasteiger partial charge in [-0.25, -0.2) is 4.98 Å². The summed E-state index contributed by atoms with van der Waals surface area (Å²) in [7, 11) is 0. The standard InChI is InChI=1S/C20H21N3O2/c1-4-23(16-10-14(2)9-15(3)11-16)19(24)12-22-13-21-18-8-6-5-7-17(18)20(22)25/h5-11,13H,4,12H2,1-3H3. The maximum atomic E-state index is 12.8. The van der Waals surface area contributed by atoms with E-state index in [0.717, 1.165) is 16.8 Å². The third-order valence-electron chi connectivity index (χ3n) is 4.17.